The van der Waals surface area contributed by atoms with Gasteiger partial charge in [-0.15, -0.1) is 21.5 Å². The largest absolute Gasteiger partial charge is 0.309 e. The molecule has 0 aliphatic heterocycles. The maximum atomic E-state index is 12.4. The highest BCUT2D eigenvalue weighted by Crippen LogP contribution is 2.29. The highest BCUT2D eigenvalue weighted by atomic mass is 32.2. The smallest absolute Gasteiger partial charge is 0.236 e. The van der Waals surface area contributed by atoms with Crippen LogP contribution in [-0.2, 0) is 18.3 Å². The molecule has 0 unspecified atom stereocenters. The van der Waals surface area contributed by atoms with E-state index in [2.05, 4.69) is 51.0 Å². The number of nitrogens with one attached hydrogen (secondary N) is 1. The van der Waals surface area contributed by atoms with Crippen molar-refractivity contribution in [2.75, 3.05) is 11.1 Å². The maximum Gasteiger partial charge on any atom is 0.236 e. The highest BCUT2D eigenvalue weighted by molar-refractivity contribution is 7.99. The van der Waals surface area contributed by atoms with Crippen LogP contribution in [0.3, 0.4) is 0 Å². The minimum Gasteiger partial charge on any atom is -0.309 e. The molecule has 0 saturated carbocycles. The number of thiazole rings is 1. The first-order valence-corrected chi connectivity index (χ1v) is 11.4. The summed E-state index contributed by atoms with van der Waals surface area (Å²) in [6, 6.07) is 8.31. The molecule has 1 aromatic carbocycles. The number of aryl methyl sites for hydroxylation is 2. The molecule has 0 bridgehead atoms. The highest BCUT2D eigenvalue weighted by Gasteiger charge is 2.14. The summed E-state index contributed by atoms with van der Waals surface area (Å²) in [7, 11) is 1.93. The molecule has 1 amide bonds. The van der Waals surface area contributed by atoms with Gasteiger partial charge in [-0.1, -0.05) is 35.2 Å². The Bertz CT molecular complexity index is 1130. The Morgan fingerprint density at radius 2 is 2.14 bits per heavy atom. The van der Waals surface area contributed by atoms with Gasteiger partial charge >= 0.3 is 0 Å². The molecule has 0 atom stereocenters. The lowest BCUT2D eigenvalue weighted by Gasteiger charge is -2.03. The summed E-state index contributed by atoms with van der Waals surface area (Å²) < 4.78 is 3.04. The summed E-state index contributed by atoms with van der Waals surface area (Å²) >= 11 is 4.58. The van der Waals surface area contributed by atoms with Gasteiger partial charge in [0.05, 0.1) is 16.0 Å². The number of amides is 1. The molecule has 9 heteroatoms. The first kappa shape index (κ1) is 19.1. The molecule has 0 fully saturated rings. The predicted octanol–water partition coefficient (Wildman–Crippen LogP) is 4.42. The van der Waals surface area contributed by atoms with Crippen LogP contribution in [0, 0.1) is 13.8 Å². The normalized spacial score (nSPS) is 11.2. The standard InChI is InChI=1S/C19H19N5OS3/c1-11-7-12(2)17-14(8-11)28-18(21-17)20-16(25)10-27-19-23-22-15(24(19)3)9-13-5-4-6-26-13/h4-8H,9-10H2,1-3H3,(H,20,21,25). The summed E-state index contributed by atoms with van der Waals surface area (Å²) in [5, 5.41) is 14.8. The fourth-order valence-corrected chi connectivity index (χ4v) is 5.39. The molecule has 3 heterocycles. The fourth-order valence-electron chi connectivity index (χ4n) is 2.90. The first-order chi connectivity index (χ1) is 13.5. The van der Waals surface area contributed by atoms with E-state index in [9.17, 15) is 4.79 Å². The van der Waals surface area contributed by atoms with Crippen molar-refractivity contribution in [2.24, 2.45) is 7.05 Å². The van der Waals surface area contributed by atoms with Crippen LogP contribution >= 0.6 is 34.4 Å². The van der Waals surface area contributed by atoms with Crippen LogP contribution < -0.4 is 5.32 Å². The fraction of sp³-hybridized carbons (Fsp3) is 0.263. The molecule has 3 aromatic heterocycles. The number of benzene rings is 1. The van der Waals surface area contributed by atoms with Crippen molar-refractivity contribution in [3.8, 4) is 0 Å². The zero-order valence-corrected chi connectivity index (χ0v) is 18.2. The number of anilines is 1. The van der Waals surface area contributed by atoms with Crippen molar-refractivity contribution in [1.29, 1.82) is 0 Å². The van der Waals surface area contributed by atoms with Crippen LogP contribution in [0.25, 0.3) is 10.2 Å². The zero-order chi connectivity index (χ0) is 19.7. The van der Waals surface area contributed by atoms with Gasteiger partial charge in [0.25, 0.3) is 0 Å². The number of carbonyl (C=O) groups excluding carboxylic acids is 1. The van der Waals surface area contributed by atoms with E-state index < -0.39 is 0 Å². The molecule has 0 spiro atoms. The van der Waals surface area contributed by atoms with E-state index in [1.807, 2.05) is 24.6 Å². The van der Waals surface area contributed by atoms with Gasteiger partial charge < -0.3 is 9.88 Å². The minimum absolute atomic E-state index is 0.0961. The minimum atomic E-state index is -0.0961. The number of hydrogen-bond acceptors (Lipinski definition) is 7. The molecule has 28 heavy (non-hydrogen) atoms. The first-order valence-electron chi connectivity index (χ1n) is 8.70. The van der Waals surface area contributed by atoms with E-state index in [0.29, 0.717) is 5.13 Å². The van der Waals surface area contributed by atoms with Gasteiger partial charge in [0.2, 0.25) is 5.91 Å². The van der Waals surface area contributed by atoms with Crippen molar-refractivity contribution < 1.29 is 4.79 Å². The second kappa shape index (κ2) is 8.02. The Kier molecular flexibility index (Phi) is 5.47. The quantitative estimate of drug-likeness (QED) is 0.459. The summed E-state index contributed by atoms with van der Waals surface area (Å²) in [6.45, 7) is 4.10. The third-order valence-corrected chi connectivity index (χ3v) is 7.06. The summed E-state index contributed by atoms with van der Waals surface area (Å²) in [6.07, 6.45) is 0.748. The van der Waals surface area contributed by atoms with Crippen molar-refractivity contribution >= 4 is 55.7 Å². The van der Waals surface area contributed by atoms with Gasteiger partial charge in [0, 0.05) is 18.3 Å². The van der Waals surface area contributed by atoms with Crippen molar-refractivity contribution in [3.05, 3.63) is 51.5 Å². The van der Waals surface area contributed by atoms with Gasteiger partial charge in [0.15, 0.2) is 10.3 Å². The zero-order valence-electron chi connectivity index (χ0n) is 15.7. The third kappa shape index (κ3) is 4.11. The van der Waals surface area contributed by atoms with Crippen molar-refractivity contribution in [2.45, 2.75) is 25.4 Å². The Labute approximate surface area is 175 Å². The molecule has 0 radical (unpaired) electrons. The Balaban J connectivity index is 1.38. The number of nitrogens with zero attached hydrogens (tertiary/aromatic N) is 4. The van der Waals surface area contributed by atoms with Gasteiger partial charge in [-0.25, -0.2) is 4.98 Å². The molecule has 0 aliphatic carbocycles. The lowest BCUT2D eigenvalue weighted by Crippen LogP contribution is -2.14. The number of fused-ring (bicyclic) bond motifs is 1. The van der Waals surface area contributed by atoms with Crippen molar-refractivity contribution in [3.63, 3.8) is 0 Å². The van der Waals surface area contributed by atoms with E-state index in [4.69, 9.17) is 0 Å². The summed E-state index contributed by atoms with van der Waals surface area (Å²) in [5.74, 6) is 1.06. The third-order valence-electron chi connectivity index (χ3n) is 4.25. The lowest BCUT2D eigenvalue weighted by atomic mass is 10.1. The summed E-state index contributed by atoms with van der Waals surface area (Å²) in [5.41, 5.74) is 3.27. The SMILES string of the molecule is Cc1cc(C)c2nc(NC(=O)CSc3nnc(Cc4cccs4)n3C)sc2c1. The van der Waals surface area contributed by atoms with Crippen LogP contribution in [0.2, 0.25) is 0 Å². The van der Waals surface area contributed by atoms with E-state index in [0.717, 1.165) is 33.2 Å². The van der Waals surface area contributed by atoms with Gasteiger partial charge in [-0.3, -0.25) is 4.79 Å². The molecular weight excluding hydrogens is 410 g/mol. The molecule has 4 rings (SSSR count). The van der Waals surface area contributed by atoms with E-state index in [-0.39, 0.29) is 11.7 Å². The van der Waals surface area contributed by atoms with E-state index in [1.54, 1.807) is 11.3 Å². The van der Waals surface area contributed by atoms with Crippen LogP contribution in [0.4, 0.5) is 5.13 Å². The molecule has 1 N–H and O–H groups in total. The number of aromatic nitrogens is 4. The molecule has 6 nitrogen and oxygen atoms in total. The molecule has 4 aromatic rings. The molecule has 0 aliphatic rings. The molecular formula is C19H19N5OS3. The Morgan fingerprint density at radius 1 is 1.29 bits per heavy atom. The van der Waals surface area contributed by atoms with Crippen LogP contribution in [0.5, 0.6) is 0 Å². The number of thiophene rings is 1. The Morgan fingerprint density at radius 3 is 2.93 bits per heavy atom. The van der Waals surface area contributed by atoms with Crippen LogP contribution in [0.15, 0.2) is 34.8 Å². The van der Waals surface area contributed by atoms with Gasteiger partial charge in [0.1, 0.15) is 5.82 Å². The monoisotopic (exact) mass is 429 g/mol. The second-order valence-electron chi connectivity index (χ2n) is 6.50. The number of hydrogen-bond donors (Lipinski definition) is 1. The van der Waals surface area contributed by atoms with E-state index in [1.165, 1.54) is 33.5 Å². The average Bonchev–Trinajstić information content (AvgIpc) is 3.36. The average molecular weight is 430 g/mol. The maximum absolute atomic E-state index is 12.4. The van der Waals surface area contributed by atoms with Crippen molar-refractivity contribution in [1.82, 2.24) is 19.7 Å². The number of thioether (sulfide) groups is 1. The Hall–Kier alpha value is -2.23. The van der Waals surface area contributed by atoms with Gasteiger partial charge in [-0.2, -0.15) is 0 Å². The second-order valence-corrected chi connectivity index (χ2v) is 9.50. The van der Waals surface area contributed by atoms with Crippen LogP contribution in [0.1, 0.15) is 21.8 Å². The molecule has 0 saturated heterocycles. The lowest BCUT2D eigenvalue weighted by molar-refractivity contribution is -0.113. The topological polar surface area (TPSA) is 72.7 Å². The van der Waals surface area contributed by atoms with Crippen LogP contribution in [-0.4, -0.2) is 31.4 Å². The van der Waals surface area contributed by atoms with Gasteiger partial charge in [-0.05, 0) is 42.5 Å². The summed E-state index contributed by atoms with van der Waals surface area (Å²) in [4.78, 5) is 18.2. The van der Waals surface area contributed by atoms with E-state index >= 15 is 0 Å². The number of carbonyl (C=O) groups is 1. The molecule has 144 valence electrons. The number of rotatable bonds is 6. The predicted molar refractivity (Wildman–Crippen MR) is 117 cm³/mol.